The highest BCUT2D eigenvalue weighted by atomic mass is 79.9. The van der Waals surface area contributed by atoms with Crippen LogP contribution in [0.15, 0.2) is 59.2 Å². The van der Waals surface area contributed by atoms with E-state index in [1.807, 2.05) is 35.2 Å². The van der Waals surface area contributed by atoms with Crippen LogP contribution < -0.4 is 10.2 Å². The van der Waals surface area contributed by atoms with Gasteiger partial charge in [-0.05, 0) is 54.4 Å². The van der Waals surface area contributed by atoms with Crippen molar-refractivity contribution in [2.24, 2.45) is 0 Å². The van der Waals surface area contributed by atoms with E-state index in [0.717, 1.165) is 28.9 Å². The van der Waals surface area contributed by atoms with Crippen LogP contribution in [0, 0.1) is 0 Å². The molecule has 7 nitrogen and oxygen atoms in total. The summed E-state index contributed by atoms with van der Waals surface area (Å²) in [6.45, 7) is 3.35. The fraction of sp³-hybridized carbons (Fsp3) is 0.261. The van der Waals surface area contributed by atoms with E-state index in [9.17, 15) is 4.79 Å². The average molecular weight is 480 g/mol. The highest BCUT2D eigenvalue weighted by Gasteiger charge is 2.22. The molecule has 3 aromatic rings. The number of hydrogen-bond acceptors (Lipinski definition) is 6. The Morgan fingerprint density at radius 2 is 1.84 bits per heavy atom. The molecule has 1 N–H and O–H groups in total. The SMILES string of the molecule is O=C(c1ccc(Nc2nccc(N3CCc4ccc(Br)cc43)n2)cc1)N1CCOCC1. The Morgan fingerprint density at radius 3 is 2.65 bits per heavy atom. The van der Waals surface area contributed by atoms with Gasteiger partial charge >= 0.3 is 0 Å². The molecule has 2 aliphatic rings. The van der Waals surface area contributed by atoms with Gasteiger partial charge in [0.1, 0.15) is 5.82 Å². The summed E-state index contributed by atoms with van der Waals surface area (Å²) < 4.78 is 6.37. The van der Waals surface area contributed by atoms with Crippen LogP contribution in [0.2, 0.25) is 0 Å². The first-order valence-electron chi connectivity index (χ1n) is 10.3. The van der Waals surface area contributed by atoms with Crippen LogP contribution in [0.25, 0.3) is 0 Å². The summed E-state index contributed by atoms with van der Waals surface area (Å²) in [6.07, 6.45) is 2.75. The van der Waals surface area contributed by atoms with Gasteiger partial charge in [-0.25, -0.2) is 4.98 Å². The number of morpholine rings is 1. The Kier molecular flexibility index (Phi) is 5.57. The van der Waals surface area contributed by atoms with Crippen molar-refractivity contribution in [2.75, 3.05) is 43.1 Å². The minimum Gasteiger partial charge on any atom is -0.378 e. The fourth-order valence-electron chi connectivity index (χ4n) is 3.92. The van der Waals surface area contributed by atoms with Gasteiger partial charge in [-0.2, -0.15) is 4.98 Å². The quantitative estimate of drug-likeness (QED) is 0.605. The number of halogens is 1. The third-order valence-corrected chi connectivity index (χ3v) is 6.04. The highest BCUT2D eigenvalue weighted by Crippen LogP contribution is 2.35. The van der Waals surface area contributed by atoms with E-state index in [4.69, 9.17) is 9.72 Å². The van der Waals surface area contributed by atoms with Gasteiger partial charge in [-0.15, -0.1) is 0 Å². The molecule has 2 aliphatic heterocycles. The number of anilines is 4. The van der Waals surface area contributed by atoms with E-state index < -0.39 is 0 Å². The zero-order valence-electron chi connectivity index (χ0n) is 16.9. The zero-order chi connectivity index (χ0) is 21.2. The summed E-state index contributed by atoms with van der Waals surface area (Å²) in [7, 11) is 0. The molecule has 1 saturated heterocycles. The zero-order valence-corrected chi connectivity index (χ0v) is 18.5. The predicted octanol–water partition coefficient (Wildman–Crippen LogP) is 4.15. The van der Waals surface area contributed by atoms with Gasteiger partial charge in [0, 0.05) is 47.2 Å². The van der Waals surface area contributed by atoms with E-state index in [2.05, 4.69) is 49.3 Å². The van der Waals surface area contributed by atoms with Gasteiger partial charge in [-0.3, -0.25) is 4.79 Å². The number of rotatable bonds is 4. The lowest BCUT2D eigenvalue weighted by molar-refractivity contribution is 0.0303. The minimum absolute atomic E-state index is 0.0342. The van der Waals surface area contributed by atoms with Crippen molar-refractivity contribution in [3.63, 3.8) is 0 Å². The maximum Gasteiger partial charge on any atom is 0.254 e. The van der Waals surface area contributed by atoms with E-state index >= 15 is 0 Å². The van der Waals surface area contributed by atoms with E-state index in [-0.39, 0.29) is 5.91 Å². The van der Waals surface area contributed by atoms with Crippen LogP contribution in [0.5, 0.6) is 0 Å². The number of aromatic nitrogens is 2. The maximum absolute atomic E-state index is 12.6. The molecule has 1 fully saturated rings. The number of carbonyl (C=O) groups is 1. The van der Waals surface area contributed by atoms with Gasteiger partial charge in [0.2, 0.25) is 5.95 Å². The number of nitrogens with zero attached hydrogens (tertiary/aromatic N) is 4. The van der Waals surface area contributed by atoms with E-state index in [0.29, 0.717) is 37.8 Å². The molecular formula is C23H22BrN5O2. The molecule has 0 radical (unpaired) electrons. The van der Waals surface area contributed by atoms with Crippen molar-refractivity contribution < 1.29 is 9.53 Å². The summed E-state index contributed by atoms with van der Waals surface area (Å²) in [5.74, 6) is 1.41. The number of fused-ring (bicyclic) bond motifs is 1. The third kappa shape index (κ3) is 4.26. The molecule has 1 amide bonds. The lowest BCUT2D eigenvalue weighted by Gasteiger charge is -2.26. The van der Waals surface area contributed by atoms with Crippen LogP contribution in [-0.2, 0) is 11.2 Å². The maximum atomic E-state index is 12.6. The molecule has 2 aromatic carbocycles. The molecule has 31 heavy (non-hydrogen) atoms. The summed E-state index contributed by atoms with van der Waals surface area (Å²) in [4.78, 5) is 25.7. The van der Waals surface area contributed by atoms with Crippen molar-refractivity contribution in [3.8, 4) is 0 Å². The van der Waals surface area contributed by atoms with Crippen LogP contribution in [0.1, 0.15) is 15.9 Å². The molecular weight excluding hydrogens is 458 g/mol. The number of hydrogen-bond donors (Lipinski definition) is 1. The van der Waals surface area contributed by atoms with Gasteiger partial charge in [-0.1, -0.05) is 22.0 Å². The van der Waals surface area contributed by atoms with Crippen molar-refractivity contribution in [3.05, 3.63) is 70.3 Å². The van der Waals surface area contributed by atoms with Crippen LogP contribution in [0.4, 0.5) is 23.1 Å². The Hall–Kier alpha value is -2.97. The normalized spacial score (nSPS) is 15.6. The Labute approximate surface area is 189 Å². The molecule has 0 saturated carbocycles. The molecule has 0 unspecified atom stereocenters. The number of amides is 1. The Balaban J connectivity index is 1.30. The van der Waals surface area contributed by atoms with Gasteiger partial charge in [0.25, 0.3) is 5.91 Å². The predicted molar refractivity (Wildman–Crippen MR) is 123 cm³/mol. The van der Waals surface area contributed by atoms with Crippen LogP contribution >= 0.6 is 15.9 Å². The molecule has 8 heteroatoms. The van der Waals surface area contributed by atoms with Gasteiger partial charge in [0.15, 0.2) is 0 Å². The van der Waals surface area contributed by atoms with Crippen molar-refractivity contribution in [1.29, 1.82) is 0 Å². The smallest absolute Gasteiger partial charge is 0.254 e. The second-order valence-electron chi connectivity index (χ2n) is 7.52. The monoisotopic (exact) mass is 479 g/mol. The fourth-order valence-corrected chi connectivity index (χ4v) is 4.27. The molecule has 158 valence electrons. The summed E-state index contributed by atoms with van der Waals surface area (Å²) in [5.41, 5.74) is 3.99. The second kappa shape index (κ2) is 8.64. The van der Waals surface area contributed by atoms with Gasteiger partial charge < -0.3 is 19.9 Å². The first-order valence-corrected chi connectivity index (χ1v) is 11.1. The third-order valence-electron chi connectivity index (χ3n) is 5.55. The summed E-state index contributed by atoms with van der Waals surface area (Å²) in [6, 6.07) is 15.7. The molecule has 0 spiro atoms. The molecule has 3 heterocycles. The topological polar surface area (TPSA) is 70.6 Å². The molecule has 1 aromatic heterocycles. The minimum atomic E-state index is 0.0342. The first-order chi connectivity index (χ1) is 15.2. The number of nitrogens with one attached hydrogen (secondary N) is 1. The van der Waals surface area contributed by atoms with Crippen molar-refractivity contribution >= 4 is 45.0 Å². The number of benzene rings is 2. The van der Waals surface area contributed by atoms with E-state index in [1.54, 1.807) is 6.20 Å². The van der Waals surface area contributed by atoms with Crippen molar-refractivity contribution in [1.82, 2.24) is 14.9 Å². The standard InChI is InChI=1S/C23H22BrN5O2/c24-18-4-1-16-8-10-29(20(16)15-18)21-7-9-25-23(27-21)26-19-5-2-17(3-6-19)22(30)28-11-13-31-14-12-28/h1-7,9,15H,8,10-14H2,(H,25,26,27). The molecule has 0 atom stereocenters. The Morgan fingerprint density at radius 1 is 1.03 bits per heavy atom. The van der Waals surface area contributed by atoms with Crippen molar-refractivity contribution in [2.45, 2.75) is 6.42 Å². The molecule has 0 aliphatic carbocycles. The van der Waals surface area contributed by atoms with E-state index in [1.165, 1.54) is 11.3 Å². The summed E-state index contributed by atoms with van der Waals surface area (Å²) in [5, 5.41) is 3.25. The van der Waals surface area contributed by atoms with Gasteiger partial charge in [0.05, 0.1) is 13.2 Å². The number of carbonyl (C=O) groups excluding carboxylic acids is 1. The molecule has 5 rings (SSSR count). The second-order valence-corrected chi connectivity index (χ2v) is 8.44. The Bertz CT molecular complexity index is 1100. The lowest BCUT2D eigenvalue weighted by atomic mass is 10.1. The first kappa shape index (κ1) is 20.0. The largest absolute Gasteiger partial charge is 0.378 e. The van der Waals surface area contributed by atoms with Crippen LogP contribution in [-0.4, -0.2) is 53.6 Å². The number of ether oxygens (including phenoxy) is 1. The summed E-state index contributed by atoms with van der Waals surface area (Å²) >= 11 is 3.56. The highest BCUT2D eigenvalue weighted by molar-refractivity contribution is 9.10. The average Bonchev–Trinajstić information content (AvgIpc) is 3.23. The lowest BCUT2D eigenvalue weighted by Crippen LogP contribution is -2.40. The van der Waals surface area contributed by atoms with Crippen LogP contribution in [0.3, 0.4) is 0 Å². The molecule has 0 bridgehead atoms.